The minimum atomic E-state index is -0.647. The number of amides is 1. The topological polar surface area (TPSA) is 92.9 Å². The second-order valence-electron chi connectivity index (χ2n) is 5.33. The zero-order valence-corrected chi connectivity index (χ0v) is 12.5. The van der Waals surface area contributed by atoms with E-state index in [-0.39, 0.29) is 24.7 Å². The molecule has 6 heteroatoms. The summed E-state index contributed by atoms with van der Waals surface area (Å²) >= 11 is 0. The van der Waals surface area contributed by atoms with Crippen molar-refractivity contribution in [3.8, 4) is 0 Å². The van der Waals surface area contributed by atoms with E-state index in [0.29, 0.717) is 43.9 Å². The number of rotatable bonds is 6. The number of hydrogen-bond donors (Lipinski definition) is 2. The highest BCUT2D eigenvalue weighted by Gasteiger charge is 2.18. The Morgan fingerprint density at radius 2 is 1.77 bits per heavy atom. The molecule has 1 aromatic rings. The fourth-order valence-electron chi connectivity index (χ4n) is 2.31. The van der Waals surface area contributed by atoms with Gasteiger partial charge in [-0.2, -0.15) is 0 Å². The van der Waals surface area contributed by atoms with Gasteiger partial charge in [0.25, 0.3) is 5.91 Å². The molecule has 0 saturated carbocycles. The monoisotopic (exact) mass is 306 g/mol. The van der Waals surface area contributed by atoms with Gasteiger partial charge >= 0.3 is 0 Å². The van der Waals surface area contributed by atoms with Crippen LogP contribution in [0.15, 0.2) is 24.3 Å². The van der Waals surface area contributed by atoms with Crippen molar-refractivity contribution in [2.75, 3.05) is 32.8 Å². The van der Waals surface area contributed by atoms with Crippen LogP contribution in [0.25, 0.3) is 0 Å². The molecule has 22 heavy (non-hydrogen) atoms. The minimum Gasteiger partial charge on any atom is -0.392 e. The van der Waals surface area contributed by atoms with E-state index in [9.17, 15) is 14.7 Å². The first-order valence-electron chi connectivity index (χ1n) is 7.50. The van der Waals surface area contributed by atoms with E-state index in [1.165, 1.54) is 0 Å². The number of carbonyl (C=O) groups is 2. The van der Waals surface area contributed by atoms with E-state index in [0.717, 1.165) is 0 Å². The quantitative estimate of drug-likeness (QED) is 0.744. The van der Waals surface area contributed by atoms with Crippen molar-refractivity contribution in [1.29, 1.82) is 0 Å². The van der Waals surface area contributed by atoms with Gasteiger partial charge in [0.1, 0.15) is 0 Å². The van der Waals surface area contributed by atoms with Crippen LogP contribution in [0.3, 0.4) is 0 Å². The van der Waals surface area contributed by atoms with Gasteiger partial charge in [-0.25, -0.2) is 0 Å². The maximum Gasteiger partial charge on any atom is 0.254 e. The highest BCUT2D eigenvalue weighted by molar-refractivity contribution is 5.98. The Bertz CT molecular complexity index is 509. The summed E-state index contributed by atoms with van der Waals surface area (Å²) in [6, 6.07) is 6.66. The van der Waals surface area contributed by atoms with Gasteiger partial charge in [0.15, 0.2) is 5.78 Å². The summed E-state index contributed by atoms with van der Waals surface area (Å²) in [4.78, 5) is 26.0. The lowest BCUT2D eigenvalue weighted by Crippen LogP contribution is -2.40. The Kier molecular flexibility index (Phi) is 6.06. The van der Waals surface area contributed by atoms with Crippen LogP contribution in [0.1, 0.15) is 33.6 Å². The van der Waals surface area contributed by atoms with Crippen LogP contribution < -0.4 is 5.73 Å². The molecule has 1 aliphatic rings. The van der Waals surface area contributed by atoms with Crippen molar-refractivity contribution >= 4 is 11.7 Å². The molecular weight excluding hydrogens is 284 g/mol. The van der Waals surface area contributed by atoms with Gasteiger partial charge < -0.3 is 20.5 Å². The third-order valence-electron chi connectivity index (χ3n) is 3.73. The zero-order valence-electron chi connectivity index (χ0n) is 12.5. The Morgan fingerprint density at radius 3 is 2.36 bits per heavy atom. The first-order chi connectivity index (χ1) is 10.6. The molecule has 1 heterocycles. The highest BCUT2D eigenvalue weighted by atomic mass is 16.5. The van der Waals surface area contributed by atoms with E-state index in [4.69, 9.17) is 10.5 Å². The lowest BCUT2D eigenvalue weighted by atomic mass is 10.0. The van der Waals surface area contributed by atoms with Crippen molar-refractivity contribution in [3.05, 3.63) is 35.4 Å². The average molecular weight is 306 g/mol. The van der Waals surface area contributed by atoms with Crippen molar-refractivity contribution in [2.45, 2.75) is 18.9 Å². The number of carbonyl (C=O) groups excluding carboxylic acids is 2. The van der Waals surface area contributed by atoms with Crippen molar-refractivity contribution in [1.82, 2.24) is 4.90 Å². The number of nitrogens with zero attached hydrogens (tertiary/aromatic N) is 1. The SMILES string of the molecule is NCC(O)CCC(=O)c1ccc(C(=O)N2CCOCC2)cc1. The molecule has 3 N–H and O–H groups in total. The molecule has 1 atom stereocenters. The molecule has 1 fully saturated rings. The number of hydrogen-bond acceptors (Lipinski definition) is 5. The van der Waals surface area contributed by atoms with Crippen molar-refractivity contribution in [2.24, 2.45) is 5.73 Å². The summed E-state index contributed by atoms with van der Waals surface area (Å²) in [7, 11) is 0. The third kappa shape index (κ3) is 4.37. The van der Waals surface area contributed by atoms with Crippen molar-refractivity contribution < 1.29 is 19.4 Å². The first-order valence-corrected chi connectivity index (χ1v) is 7.50. The predicted molar refractivity (Wildman–Crippen MR) is 81.8 cm³/mol. The molecule has 120 valence electrons. The molecule has 1 aliphatic heterocycles. The van der Waals surface area contributed by atoms with Crippen LogP contribution in [0.4, 0.5) is 0 Å². The number of Topliss-reactive ketones (excluding diaryl/α,β-unsaturated/α-hetero) is 1. The van der Waals surface area contributed by atoms with Crippen molar-refractivity contribution in [3.63, 3.8) is 0 Å². The molecular formula is C16H22N2O4. The molecule has 1 unspecified atom stereocenters. The van der Waals surface area contributed by atoms with Crippen LogP contribution in [-0.2, 0) is 4.74 Å². The standard InChI is InChI=1S/C16H22N2O4/c17-11-14(19)5-6-15(20)12-1-3-13(4-2-12)16(21)18-7-9-22-10-8-18/h1-4,14,19H,5-11,17H2. The second-order valence-corrected chi connectivity index (χ2v) is 5.33. The van der Waals surface area contributed by atoms with Crippen LogP contribution in [0, 0.1) is 0 Å². The van der Waals surface area contributed by atoms with Crippen LogP contribution in [-0.4, -0.2) is 60.6 Å². The van der Waals surface area contributed by atoms with Crippen LogP contribution in [0.5, 0.6) is 0 Å². The molecule has 0 bridgehead atoms. The van der Waals surface area contributed by atoms with E-state index < -0.39 is 6.10 Å². The number of ketones is 1. The first kappa shape index (κ1) is 16.6. The summed E-state index contributed by atoms with van der Waals surface area (Å²) in [5.41, 5.74) is 6.42. The lowest BCUT2D eigenvalue weighted by molar-refractivity contribution is 0.0303. The Morgan fingerprint density at radius 1 is 1.18 bits per heavy atom. The normalized spacial score (nSPS) is 16.4. The summed E-state index contributed by atoms with van der Waals surface area (Å²) in [5.74, 6) is -0.0984. The van der Waals surface area contributed by atoms with Gasteiger partial charge in [0.2, 0.25) is 0 Å². The maximum absolute atomic E-state index is 12.3. The maximum atomic E-state index is 12.3. The molecule has 1 aromatic carbocycles. The molecule has 2 rings (SSSR count). The van der Waals surface area contributed by atoms with E-state index in [2.05, 4.69) is 0 Å². The van der Waals surface area contributed by atoms with Gasteiger partial charge in [-0.15, -0.1) is 0 Å². The van der Waals surface area contributed by atoms with Crippen LogP contribution in [0.2, 0.25) is 0 Å². The highest BCUT2D eigenvalue weighted by Crippen LogP contribution is 2.12. The molecule has 1 saturated heterocycles. The fraction of sp³-hybridized carbons (Fsp3) is 0.500. The van der Waals surface area contributed by atoms with Gasteiger partial charge in [0, 0.05) is 37.2 Å². The zero-order chi connectivity index (χ0) is 15.9. The van der Waals surface area contributed by atoms with E-state index in [1.807, 2.05) is 0 Å². The summed E-state index contributed by atoms with van der Waals surface area (Å²) in [6.07, 6.45) is -0.0510. The fourth-order valence-corrected chi connectivity index (χ4v) is 2.31. The third-order valence-corrected chi connectivity index (χ3v) is 3.73. The molecule has 6 nitrogen and oxygen atoms in total. The molecule has 0 radical (unpaired) electrons. The second kappa shape index (κ2) is 8.03. The summed E-state index contributed by atoms with van der Waals surface area (Å²) in [5, 5.41) is 9.38. The Hall–Kier alpha value is -1.76. The lowest BCUT2D eigenvalue weighted by Gasteiger charge is -2.26. The van der Waals surface area contributed by atoms with Gasteiger partial charge in [-0.05, 0) is 18.6 Å². The Labute approximate surface area is 129 Å². The molecule has 0 aliphatic carbocycles. The smallest absolute Gasteiger partial charge is 0.254 e. The number of benzene rings is 1. The number of aliphatic hydroxyl groups excluding tert-OH is 1. The largest absolute Gasteiger partial charge is 0.392 e. The van der Waals surface area contributed by atoms with E-state index in [1.54, 1.807) is 29.2 Å². The number of aliphatic hydroxyl groups is 1. The number of ether oxygens (including phenoxy) is 1. The minimum absolute atomic E-state index is 0.0409. The summed E-state index contributed by atoms with van der Waals surface area (Å²) < 4.78 is 5.22. The predicted octanol–water partition coefficient (Wildman–Crippen LogP) is 0.442. The summed E-state index contributed by atoms with van der Waals surface area (Å²) in [6.45, 7) is 2.46. The molecule has 0 spiro atoms. The number of morpholine rings is 1. The van der Waals surface area contributed by atoms with Crippen LogP contribution >= 0.6 is 0 Å². The van der Waals surface area contributed by atoms with Gasteiger partial charge in [-0.1, -0.05) is 12.1 Å². The van der Waals surface area contributed by atoms with Gasteiger partial charge in [0.05, 0.1) is 19.3 Å². The Balaban J connectivity index is 1.94. The van der Waals surface area contributed by atoms with Gasteiger partial charge in [-0.3, -0.25) is 9.59 Å². The molecule has 0 aromatic heterocycles. The average Bonchev–Trinajstić information content (AvgIpc) is 2.59. The molecule has 1 amide bonds. The number of nitrogens with two attached hydrogens (primary N) is 1. The van der Waals surface area contributed by atoms with E-state index >= 15 is 0 Å².